The number of alkyl halides is 3. The molecule has 0 radical (unpaired) electrons. The van der Waals surface area contributed by atoms with E-state index < -0.39 is 38.9 Å². The second kappa shape index (κ2) is 12.1. The number of aromatic nitrogens is 1. The summed E-state index contributed by atoms with van der Waals surface area (Å²) in [6, 6.07) is 8.02. The zero-order valence-corrected chi connectivity index (χ0v) is 23.4. The molecule has 4 rings (SSSR count). The molecule has 41 heavy (non-hydrogen) atoms. The molecule has 2 aromatic carbocycles. The number of nitrogens with two attached hydrogens (primary N) is 1. The number of anilines is 1. The number of hydrogen-bond donors (Lipinski definition) is 5. The van der Waals surface area contributed by atoms with E-state index in [0.29, 0.717) is 12.0 Å². The summed E-state index contributed by atoms with van der Waals surface area (Å²) in [6.07, 6.45) is 0.454. The molecule has 3 N–H and O–H groups in total. The van der Waals surface area contributed by atoms with Crippen molar-refractivity contribution < 1.29 is 41.4 Å². The number of ether oxygens (including phenoxy) is 3. The summed E-state index contributed by atoms with van der Waals surface area (Å²) >= 11 is 12.0. The van der Waals surface area contributed by atoms with Crippen LogP contribution in [0.3, 0.4) is 0 Å². The first-order valence-corrected chi connectivity index (χ1v) is 13.1. The summed E-state index contributed by atoms with van der Waals surface area (Å²) in [6.45, 7) is 0. The van der Waals surface area contributed by atoms with E-state index in [1.54, 1.807) is 0 Å². The highest BCUT2D eigenvalue weighted by atomic mass is 32.2. The Hall–Kier alpha value is -3.56. The Kier molecular flexibility index (Phi) is 8.99. The molecule has 216 valence electrons. The van der Waals surface area contributed by atoms with Crippen molar-refractivity contribution in [3.8, 4) is 23.0 Å². The highest BCUT2D eigenvalue weighted by molar-refractivity contribution is 8.16. The third kappa shape index (κ3) is 8.24. The number of pyridine rings is 1. The third-order valence-corrected chi connectivity index (χ3v) is 5.85. The molecule has 2 amide bonds. The van der Waals surface area contributed by atoms with Gasteiger partial charge in [-0.3, -0.25) is 14.6 Å². The second-order valence-corrected chi connectivity index (χ2v) is 11.6. The van der Waals surface area contributed by atoms with E-state index in [1.165, 1.54) is 30.5 Å². The lowest BCUT2D eigenvalue weighted by molar-refractivity contribution is -0.274. The van der Waals surface area contributed by atoms with E-state index in [0.717, 1.165) is 36.6 Å². The van der Waals surface area contributed by atoms with E-state index in [9.17, 15) is 22.8 Å². The molecule has 1 heterocycles. The van der Waals surface area contributed by atoms with Crippen LogP contribution in [0, 0.1) is 5.82 Å². The van der Waals surface area contributed by atoms with Crippen molar-refractivity contribution >= 4 is 61.0 Å². The summed E-state index contributed by atoms with van der Waals surface area (Å²) in [5, 5.41) is 2.46. The minimum Gasteiger partial charge on any atom is -0.455 e. The van der Waals surface area contributed by atoms with Gasteiger partial charge in [-0.1, -0.05) is 6.08 Å². The topological polar surface area (TPSA) is 113 Å². The van der Waals surface area contributed by atoms with Crippen LogP contribution in [0.25, 0.3) is 5.57 Å². The number of halogens is 4. The average molecular weight is 628 g/mol. The van der Waals surface area contributed by atoms with E-state index >= 15 is 4.39 Å². The molecule has 0 spiro atoms. The van der Waals surface area contributed by atoms with E-state index in [2.05, 4.69) is 52.9 Å². The van der Waals surface area contributed by atoms with Crippen molar-refractivity contribution in [1.29, 1.82) is 0 Å². The molecule has 1 aliphatic carbocycles. The quantitative estimate of drug-likeness (QED) is 0.104. The van der Waals surface area contributed by atoms with Crippen molar-refractivity contribution in [2.24, 2.45) is 5.73 Å². The molecule has 0 bridgehead atoms. The molecule has 3 aromatic rings. The first-order valence-electron chi connectivity index (χ1n) is 11.7. The maximum Gasteiger partial charge on any atom is 0.573 e. The van der Waals surface area contributed by atoms with Crippen LogP contribution in [0.15, 0.2) is 54.7 Å². The maximum absolute atomic E-state index is 15.6. The highest BCUT2D eigenvalue weighted by Crippen LogP contribution is 2.42. The summed E-state index contributed by atoms with van der Waals surface area (Å²) in [4.78, 5) is 28.6. The molecule has 8 nitrogen and oxygen atoms in total. The SMILES string of the molecule is NC(=O)c1cc(NC(=O)c2c(F)cc(C3=CCCC3)cc2Oc2ccc(OC(F)(F)F)cc2OC(S)(S)S)ccn1. The Balaban J connectivity index is 1.78. The smallest absolute Gasteiger partial charge is 0.455 e. The number of thiol groups is 3. The van der Waals surface area contributed by atoms with Gasteiger partial charge in [-0.15, -0.1) is 51.1 Å². The Morgan fingerprint density at radius 3 is 2.37 bits per heavy atom. The number of rotatable bonds is 9. The van der Waals surface area contributed by atoms with Gasteiger partial charge in [0.2, 0.25) is 3.60 Å². The number of hydrogen-bond acceptors (Lipinski definition) is 9. The predicted molar refractivity (Wildman–Crippen MR) is 152 cm³/mol. The van der Waals surface area contributed by atoms with Crippen LogP contribution in [-0.2, 0) is 0 Å². The van der Waals surface area contributed by atoms with Crippen LogP contribution in [0.5, 0.6) is 23.0 Å². The number of primary amides is 1. The number of carbonyl (C=O) groups excluding carboxylic acids is 2. The number of amides is 2. The predicted octanol–water partition coefficient (Wildman–Crippen LogP) is 6.61. The lowest BCUT2D eigenvalue weighted by atomic mass is 10.0. The minimum absolute atomic E-state index is 0.0920. The Bertz CT molecular complexity index is 1530. The molecule has 0 atom stereocenters. The highest BCUT2D eigenvalue weighted by Gasteiger charge is 2.32. The summed E-state index contributed by atoms with van der Waals surface area (Å²) in [5.41, 5.74) is 5.92. The second-order valence-electron chi connectivity index (χ2n) is 8.64. The van der Waals surface area contributed by atoms with Crippen molar-refractivity contribution in [3.05, 3.63) is 77.4 Å². The first-order chi connectivity index (χ1) is 19.2. The van der Waals surface area contributed by atoms with Gasteiger partial charge in [0.25, 0.3) is 11.8 Å². The fraction of sp³-hybridized carbons (Fsp3) is 0.192. The molecular weight excluding hydrogens is 606 g/mol. The Labute approximate surface area is 247 Å². The van der Waals surface area contributed by atoms with Crippen LogP contribution in [-0.4, -0.2) is 26.8 Å². The molecule has 0 aliphatic heterocycles. The fourth-order valence-corrected chi connectivity index (χ4v) is 4.25. The van der Waals surface area contributed by atoms with Gasteiger partial charge in [0.1, 0.15) is 28.6 Å². The van der Waals surface area contributed by atoms with Gasteiger partial charge in [-0.2, -0.15) is 0 Å². The normalized spacial score (nSPS) is 13.4. The molecule has 0 fully saturated rings. The van der Waals surface area contributed by atoms with Crippen LogP contribution in [0.1, 0.15) is 45.7 Å². The standard InChI is InChI=1S/C26H21F4N3O5S3/c27-17-9-14(13-3-1-2-4-13)10-21(22(17)24(35)33-15-7-8-32-18(11-15)23(31)34)36-19-6-5-16(37-25(28,29)30)12-20(19)38-26(39,40)41/h3,5-12,39-41H,1-2,4H2,(H2,31,34)(H,32,33,35). The van der Waals surface area contributed by atoms with Gasteiger partial charge in [0.05, 0.1) is 0 Å². The van der Waals surface area contributed by atoms with Crippen molar-refractivity contribution in [3.63, 3.8) is 0 Å². The number of carbonyl (C=O) groups is 2. The number of allylic oxidation sites excluding steroid dienone is 2. The van der Waals surface area contributed by atoms with Crippen molar-refractivity contribution in [1.82, 2.24) is 4.98 Å². The monoisotopic (exact) mass is 627 g/mol. The first kappa shape index (κ1) is 30.4. The van der Waals surface area contributed by atoms with Gasteiger partial charge in [-0.05, 0) is 66.8 Å². The van der Waals surface area contributed by atoms with Crippen LogP contribution in [0.2, 0.25) is 0 Å². The number of nitrogens with one attached hydrogen (secondary N) is 1. The summed E-state index contributed by atoms with van der Waals surface area (Å²) in [7, 11) is 0. The van der Waals surface area contributed by atoms with Gasteiger partial charge in [-0.25, -0.2) is 4.39 Å². The van der Waals surface area contributed by atoms with Gasteiger partial charge in [0.15, 0.2) is 11.5 Å². The lowest BCUT2D eigenvalue weighted by Crippen LogP contribution is -2.18. The largest absolute Gasteiger partial charge is 0.573 e. The number of nitrogens with zero attached hydrogens (tertiary/aromatic N) is 1. The molecule has 1 aliphatic rings. The van der Waals surface area contributed by atoms with Crippen LogP contribution < -0.4 is 25.3 Å². The van der Waals surface area contributed by atoms with E-state index in [1.807, 2.05) is 6.08 Å². The Morgan fingerprint density at radius 2 is 1.73 bits per heavy atom. The fourth-order valence-electron chi connectivity index (χ4n) is 3.95. The zero-order valence-electron chi connectivity index (χ0n) is 20.7. The molecule has 1 aromatic heterocycles. The van der Waals surface area contributed by atoms with Crippen LogP contribution in [0.4, 0.5) is 23.2 Å². The minimum atomic E-state index is -5.00. The maximum atomic E-state index is 15.6. The van der Waals surface area contributed by atoms with E-state index in [-0.39, 0.29) is 28.6 Å². The molecule has 0 saturated carbocycles. The van der Waals surface area contributed by atoms with E-state index in [4.69, 9.17) is 15.2 Å². The lowest BCUT2D eigenvalue weighted by Gasteiger charge is -2.22. The van der Waals surface area contributed by atoms with Gasteiger partial charge < -0.3 is 25.3 Å². The molecular formula is C26H21F4N3O5S3. The van der Waals surface area contributed by atoms with Crippen LogP contribution >= 0.6 is 37.9 Å². The molecule has 0 saturated heterocycles. The number of benzene rings is 2. The molecule has 0 unspecified atom stereocenters. The van der Waals surface area contributed by atoms with Gasteiger partial charge in [0, 0.05) is 18.0 Å². The van der Waals surface area contributed by atoms with Crippen molar-refractivity contribution in [2.75, 3.05) is 5.32 Å². The third-order valence-electron chi connectivity index (χ3n) is 5.58. The Morgan fingerprint density at radius 1 is 0.976 bits per heavy atom. The van der Waals surface area contributed by atoms with Crippen molar-refractivity contribution in [2.45, 2.75) is 29.2 Å². The van der Waals surface area contributed by atoms with Gasteiger partial charge >= 0.3 is 6.36 Å². The molecule has 15 heteroatoms. The summed E-state index contributed by atoms with van der Waals surface area (Å²) in [5.74, 6) is -4.28. The average Bonchev–Trinajstić information content (AvgIpc) is 3.39. The zero-order chi connectivity index (χ0) is 29.9. The summed E-state index contributed by atoms with van der Waals surface area (Å²) < 4.78 is 67.5.